The molecule has 0 aliphatic heterocycles. The molecule has 0 saturated heterocycles. The number of hydrogen-bond donors (Lipinski definition) is 1. The topological polar surface area (TPSA) is 43.1 Å². The highest BCUT2D eigenvalue weighted by Gasteiger charge is 2.39. The molecule has 0 unspecified atom stereocenters. The highest BCUT2D eigenvalue weighted by molar-refractivity contribution is 5.92. The van der Waals surface area contributed by atoms with E-state index in [1.807, 2.05) is 24.3 Å². The smallest absolute Gasteiger partial charge is 0.248 e. The maximum Gasteiger partial charge on any atom is 0.248 e. The third kappa shape index (κ3) is 2.04. The second-order valence-electron chi connectivity index (χ2n) is 4.74. The Morgan fingerprint density at radius 2 is 1.93 bits per heavy atom. The first-order valence-corrected chi connectivity index (χ1v) is 5.49. The minimum Gasteiger partial charge on any atom is -0.366 e. The van der Waals surface area contributed by atoms with Crippen molar-refractivity contribution in [2.24, 2.45) is 17.6 Å². The molecule has 1 aliphatic rings. The quantitative estimate of drug-likeness (QED) is 0.806. The predicted octanol–water partition coefficient (Wildman–Crippen LogP) is 2.55. The number of carbonyl (C=O) groups excluding carboxylic acids is 1. The molecule has 80 valence electrons. The van der Waals surface area contributed by atoms with E-state index in [-0.39, 0.29) is 5.91 Å². The average molecular weight is 203 g/mol. The van der Waals surface area contributed by atoms with Crippen LogP contribution >= 0.6 is 0 Å². The van der Waals surface area contributed by atoms with Gasteiger partial charge in [-0.2, -0.15) is 0 Å². The largest absolute Gasteiger partial charge is 0.366 e. The molecule has 15 heavy (non-hydrogen) atoms. The van der Waals surface area contributed by atoms with Crippen LogP contribution in [0.2, 0.25) is 0 Å². The molecule has 2 rings (SSSR count). The van der Waals surface area contributed by atoms with E-state index < -0.39 is 0 Å². The summed E-state index contributed by atoms with van der Waals surface area (Å²) in [4.78, 5) is 10.9. The van der Waals surface area contributed by atoms with Gasteiger partial charge >= 0.3 is 0 Å². The second-order valence-corrected chi connectivity index (χ2v) is 4.74. The summed E-state index contributed by atoms with van der Waals surface area (Å²) < 4.78 is 0. The first-order chi connectivity index (χ1) is 7.09. The van der Waals surface area contributed by atoms with Crippen LogP contribution < -0.4 is 5.73 Å². The average Bonchev–Trinajstić information content (AvgIpc) is 2.97. The van der Waals surface area contributed by atoms with Gasteiger partial charge in [0.05, 0.1) is 0 Å². The Kier molecular flexibility index (Phi) is 2.51. The Bertz CT molecular complexity index is 367. The van der Waals surface area contributed by atoms with Crippen LogP contribution in [0, 0.1) is 11.8 Å². The van der Waals surface area contributed by atoms with Crippen molar-refractivity contribution in [1.82, 2.24) is 0 Å². The first-order valence-electron chi connectivity index (χ1n) is 5.49. The highest BCUT2D eigenvalue weighted by atomic mass is 16.1. The SMILES string of the molecule is CC(C)[C@H]1C[C@@H]1c1ccc(C(N)=O)cc1. The summed E-state index contributed by atoms with van der Waals surface area (Å²) in [6.07, 6.45) is 1.29. The van der Waals surface area contributed by atoms with E-state index in [0.717, 1.165) is 11.8 Å². The minimum absolute atomic E-state index is 0.349. The van der Waals surface area contributed by atoms with Gasteiger partial charge in [-0.3, -0.25) is 4.79 Å². The lowest BCUT2D eigenvalue weighted by atomic mass is 10.0. The maximum absolute atomic E-state index is 10.9. The summed E-state index contributed by atoms with van der Waals surface area (Å²) in [6.45, 7) is 4.53. The Morgan fingerprint density at radius 3 is 2.33 bits per heavy atom. The Balaban J connectivity index is 2.09. The van der Waals surface area contributed by atoms with Crippen molar-refractivity contribution in [2.45, 2.75) is 26.2 Å². The van der Waals surface area contributed by atoms with E-state index in [1.54, 1.807) is 0 Å². The van der Waals surface area contributed by atoms with Gasteiger partial charge in [-0.1, -0.05) is 26.0 Å². The highest BCUT2D eigenvalue weighted by Crippen LogP contribution is 2.51. The molecule has 1 aliphatic carbocycles. The van der Waals surface area contributed by atoms with Gasteiger partial charge in [0, 0.05) is 5.56 Å². The van der Waals surface area contributed by atoms with Gasteiger partial charge in [0.1, 0.15) is 0 Å². The van der Waals surface area contributed by atoms with Crippen molar-refractivity contribution in [3.8, 4) is 0 Å². The molecule has 1 saturated carbocycles. The van der Waals surface area contributed by atoms with E-state index >= 15 is 0 Å². The number of hydrogen-bond acceptors (Lipinski definition) is 1. The molecule has 1 fully saturated rings. The Labute approximate surface area is 90.5 Å². The summed E-state index contributed by atoms with van der Waals surface area (Å²) in [7, 11) is 0. The number of amides is 1. The van der Waals surface area contributed by atoms with Gasteiger partial charge in [-0.25, -0.2) is 0 Å². The van der Waals surface area contributed by atoms with Crippen LogP contribution in [0.3, 0.4) is 0 Å². The van der Waals surface area contributed by atoms with Gasteiger partial charge in [-0.15, -0.1) is 0 Å². The summed E-state index contributed by atoms with van der Waals surface area (Å²) in [5, 5.41) is 0. The maximum atomic E-state index is 10.9. The third-order valence-electron chi connectivity index (χ3n) is 3.32. The Hall–Kier alpha value is -1.31. The fourth-order valence-corrected chi connectivity index (χ4v) is 2.23. The zero-order valence-electron chi connectivity index (χ0n) is 9.23. The molecule has 0 aromatic heterocycles. The third-order valence-corrected chi connectivity index (χ3v) is 3.32. The summed E-state index contributed by atoms with van der Waals surface area (Å²) in [5.41, 5.74) is 7.14. The molecule has 0 heterocycles. The lowest BCUT2D eigenvalue weighted by Crippen LogP contribution is -2.10. The molecule has 2 nitrogen and oxygen atoms in total. The van der Waals surface area contributed by atoms with Gasteiger partial charge < -0.3 is 5.73 Å². The molecular weight excluding hydrogens is 186 g/mol. The van der Waals surface area contributed by atoms with Gasteiger partial charge in [-0.05, 0) is 41.9 Å². The zero-order chi connectivity index (χ0) is 11.0. The number of carbonyl (C=O) groups is 1. The van der Waals surface area contributed by atoms with Crippen LogP contribution in [0.1, 0.15) is 42.1 Å². The van der Waals surface area contributed by atoms with Crippen LogP contribution in [0.25, 0.3) is 0 Å². The first kappa shape index (κ1) is 10.2. The number of benzene rings is 1. The molecule has 1 aromatic rings. The van der Waals surface area contributed by atoms with Gasteiger partial charge in [0.2, 0.25) is 5.91 Å². The van der Waals surface area contributed by atoms with E-state index in [4.69, 9.17) is 5.73 Å². The summed E-state index contributed by atoms with van der Waals surface area (Å²) >= 11 is 0. The molecule has 1 aromatic carbocycles. The van der Waals surface area contributed by atoms with Gasteiger partial charge in [0.25, 0.3) is 0 Å². The standard InChI is InChI=1S/C13H17NO/c1-8(2)11-7-12(11)9-3-5-10(6-4-9)13(14)15/h3-6,8,11-12H,7H2,1-2H3,(H2,14,15)/t11-,12-/m1/s1. The molecule has 0 radical (unpaired) electrons. The van der Waals surface area contributed by atoms with Crippen LogP contribution in [0.4, 0.5) is 0 Å². The van der Waals surface area contributed by atoms with Crippen LogP contribution in [0.5, 0.6) is 0 Å². The molecule has 0 spiro atoms. The summed E-state index contributed by atoms with van der Waals surface area (Å²) in [6, 6.07) is 7.72. The van der Waals surface area contributed by atoms with Crippen molar-refractivity contribution in [1.29, 1.82) is 0 Å². The fourth-order valence-electron chi connectivity index (χ4n) is 2.23. The molecule has 2 atom stereocenters. The van der Waals surface area contributed by atoms with Crippen molar-refractivity contribution < 1.29 is 4.79 Å². The van der Waals surface area contributed by atoms with E-state index in [1.165, 1.54) is 12.0 Å². The lowest BCUT2D eigenvalue weighted by Gasteiger charge is -2.04. The van der Waals surface area contributed by atoms with E-state index in [9.17, 15) is 4.79 Å². The Morgan fingerprint density at radius 1 is 1.33 bits per heavy atom. The van der Waals surface area contributed by atoms with E-state index in [0.29, 0.717) is 11.5 Å². The number of primary amides is 1. The van der Waals surface area contributed by atoms with E-state index in [2.05, 4.69) is 13.8 Å². The minimum atomic E-state index is -0.349. The molecule has 0 bridgehead atoms. The van der Waals surface area contributed by atoms with Gasteiger partial charge in [0.15, 0.2) is 0 Å². The zero-order valence-corrected chi connectivity index (χ0v) is 9.23. The van der Waals surface area contributed by atoms with Crippen molar-refractivity contribution in [3.63, 3.8) is 0 Å². The van der Waals surface area contributed by atoms with Crippen molar-refractivity contribution in [3.05, 3.63) is 35.4 Å². The molecule has 2 N–H and O–H groups in total. The molecule has 1 amide bonds. The number of rotatable bonds is 3. The summed E-state index contributed by atoms with van der Waals surface area (Å²) in [5.74, 6) is 1.93. The monoisotopic (exact) mass is 203 g/mol. The predicted molar refractivity (Wildman–Crippen MR) is 60.6 cm³/mol. The second kappa shape index (κ2) is 3.69. The normalized spacial score (nSPS) is 24.2. The van der Waals surface area contributed by atoms with Crippen molar-refractivity contribution >= 4 is 5.91 Å². The van der Waals surface area contributed by atoms with Crippen LogP contribution in [-0.4, -0.2) is 5.91 Å². The van der Waals surface area contributed by atoms with Crippen LogP contribution in [0.15, 0.2) is 24.3 Å². The number of nitrogens with two attached hydrogens (primary N) is 1. The molecular formula is C13H17NO. The molecule has 2 heteroatoms. The van der Waals surface area contributed by atoms with Crippen LogP contribution in [-0.2, 0) is 0 Å². The fraction of sp³-hybridized carbons (Fsp3) is 0.462. The lowest BCUT2D eigenvalue weighted by molar-refractivity contribution is 0.100. The van der Waals surface area contributed by atoms with Crippen molar-refractivity contribution in [2.75, 3.05) is 0 Å².